The van der Waals surface area contributed by atoms with Crippen molar-refractivity contribution in [2.24, 2.45) is 0 Å². The van der Waals surface area contributed by atoms with Crippen LogP contribution in [0.4, 0.5) is 5.69 Å². The minimum absolute atomic E-state index is 0.326. The summed E-state index contributed by atoms with van der Waals surface area (Å²) in [6.07, 6.45) is 0.777. The van der Waals surface area contributed by atoms with Crippen LogP contribution in [-0.2, 0) is 13.0 Å². The molecule has 0 N–H and O–H groups in total. The Balaban J connectivity index is 1.82. The van der Waals surface area contributed by atoms with Crippen molar-refractivity contribution in [3.8, 4) is 5.75 Å². The average molecular weight is 356 g/mol. The molecule has 0 bridgehead atoms. The Morgan fingerprint density at radius 1 is 1.20 bits per heavy atom. The molecule has 1 aromatic heterocycles. The molecular formula is C20H18ClNO3. The van der Waals surface area contributed by atoms with Crippen molar-refractivity contribution in [1.29, 1.82) is 0 Å². The quantitative estimate of drug-likeness (QED) is 0.626. The highest BCUT2D eigenvalue weighted by Crippen LogP contribution is 2.35. The zero-order valence-electron chi connectivity index (χ0n) is 14.1. The molecule has 0 saturated carbocycles. The lowest BCUT2D eigenvalue weighted by atomic mass is 10.0. The summed E-state index contributed by atoms with van der Waals surface area (Å²) < 4.78 is 11.4. The van der Waals surface area contributed by atoms with E-state index in [4.69, 9.17) is 20.8 Å². The number of rotatable bonds is 2. The average Bonchev–Trinajstić information content (AvgIpc) is 2.62. The van der Waals surface area contributed by atoms with Crippen molar-refractivity contribution in [2.45, 2.75) is 26.8 Å². The normalized spacial score (nSPS) is 13.6. The summed E-state index contributed by atoms with van der Waals surface area (Å²) in [5.41, 5.74) is 4.19. The van der Waals surface area contributed by atoms with Crippen molar-refractivity contribution in [3.63, 3.8) is 0 Å². The Morgan fingerprint density at radius 2 is 2.04 bits per heavy atom. The maximum Gasteiger partial charge on any atom is 0.336 e. The number of hydrogen-bond acceptors (Lipinski definition) is 4. The van der Waals surface area contributed by atoms with Gasteiger partial charge in [0.1, 0.15) is 11.3 Å². The Bertz CT molecular complexity index is 1030. The van der Waals surface area contributed by atoms with Gasteiger partial charge in [-0.25, -0.2) is 4.79 Å². The predicted octanol–water partition coefficient (Wildman–Crippen LogP) is 4.67. The van der Waals surface area contributed by atoms with E-state index < -0.39 is 0 Å². The van der Waals surface area contributed by atoms with E-state index in [2.05, 4.69) is 4.90 Å². The second kappa shape index (κ2) is 6.12. The summed E-state index contributed by atoms with van der Waals surface area (Å²) in [6, 6.07) is 11.4. The third-order valence-electron chi connectivity index (χ3n) is 4.68. The molecule has 0 atom stereocenters. The first-order chi connectivity index (χ1) is 12.1. The highest BCUT2D eigenvalue weighted by molar-refractivity contribution is 6.31. The van der Waals surface area contributed by atoms with E-state index in [-0.39, 0.29) is 5.63 Å². The summed E-state index contributed by atoms with van der Waals surface area (Å²) in [6.45, 7) is 5.03. The SMILES string of the molecule is CCc1cc(=O)oc2c3c(ccc12)OCN(c1ccc(C)c(Cl)c1)C3. The van der Waals surface area contributed by atoms with Crippen LogP contribution in [0.5, 0.6) is 5.75 Å². The summed E-state index contributed by atoms with van der Waals surface area (Å²) in [5, 5.41) is 1.69. The van der Waals surface area contributed by atoms with Gasteiger partial charge in [0.05, 0.1) is 12.1 Å². The highest BCUT2D eigenvalue weighted by Gasteiger charge is 2.22. The third kappa shape index (κ3) is 2.76. The van der Waals surface area contributed by atoms with E-state index in [9.17, 15) is 4.79 Å². The second-order valence-electron chi connectivity index (χ2n) is 6.27. The Hall–Kier alpha value is -2.46. The number of aryl methyl sites for hydroxylation is 2. The molecule has 0 amide bonds. The van der Waals surface area contributed by atoms with E-state index in [0.29, 0.717) is 18.9 Å². The minimum atomic E-state index is -0.326. The molecule has 0 unspecified atom stereocenters. The number of benzene rings is 2. The van der Waals surface area contributed by atoms with Crippen LogP contribution in [0.3, 0.4) is 0 Å². The molecule has 1 aliphatic rings. The largest absolute Gasteiger partial charge is 0.473 e. The molecule has 0 saturated heterocycles. The van der Waals surface area contributed by atoms with Gasteiger partial charge in [-0.3, -0.25) is 0 Å². The number of nitrogens with zero attached hydrogens (tertiary/aromatic N) is 1. The van der Waals surface area contributed by atoms with Crippen molar-refractivity contribution in [2.75, 3.05) is 11.6 Å². The van der Waals surface area contributed by atoms with Crippen molar-refractivity contribution in [1.82, 2.24) is 0 Å². The van der Waals surface area contributed by atoms with Crippen molar-refractivity contribution in [3.05, 3.63) is 68.5 Å². The van der Waals surface area contributed by atoms with Gasteiger partial charge in [-0.05, 0) is 48.7 Å². The number of ether oxygens (including phenoxy) is 1. The minimum Gasteiger partial charge on any atom is -0.473 e. The molecule has 5 heteroatoms. The van der Waals surface area contributed by atoms with Crippen LogP contribution in [-0.4, -0.2) is 6.73 Å². The zero-order valence-corrected chi connectivity index (χ0v) is 14.9. The van der Waals surface area contributed by atoms with E-state index in [1.54, 1.807) is 6.07 Å². The van der Waals surface area contributed by atoms with Gasteiger partial charge in [-0.1, -0.05) is 24.6 Å². The standard InChI is InChI=1S/C20H18ClNO3/c1-3-13-8-19(23)25-20-15(13)6-7-18-16(20)10-22(11-24-18)14-5-4-12(2)17(21)9-14/h4-9H,3,10-11H2,1-2H3. The summed E-state index contributed by atoms with van der Waals surface area (Å²) >= 11 is 6.26. The predicted molar refractivity (Wildman–Crippen MR) is 99.7 cm³/mol. The van der Waals surface area contributed by atoms with Gasteiger partial charge < -0.3 is 14.1 Å². The van der Waals surface area contributed by atoms with Crippen LogP contribution in [0.2, 0.25) is 5.02 Å². The fourth-order valence-corrected chi connectivity index (χ4v) is 3.41. The molecule has 2 heterocycles. The van der Waals surface area contributed by atoms with Gasteiger partial charge >= 0.3 is 5.63 Å². The number of anilines is 1. The third-order valence-corrected chi connectivity index (χ3v) is 5.09. The number of halogens is 1. The molecule has 4 rings (SSSR count). The van der Waals surface area contributed by atoms with Crippen LogP contribution in [0, 0.1) is 6.92 Å². The molecule has 3 aromatic rings. The summed E-state index contributed by atoms with van der Waals surface area (Å²) in [7, 11) is 0. The first kappa shape index (κ1) is 16.0. The van der Waals surface area contributed by atoms with E-state index in [1.807, 2.05) is 44.2 Å². The maximum atomic E-state index is 11.9. The molecule has 0 spiro atoms. The molecule has 2 aromatic carbocycles. The van der Waals surface area contributed by atoms with Gasteiger partial charge in [-0.2, -0.15) is 0 Å². The lowest BCUT2D eigenvalue weighted by molar-refractivity contribution is 0.289. The molecule has 128 valence electrons. The van der Waals surface area contributed by atoms with Gasteiger partial charge in [0.25, 0.3) is 0 Å². The fraction of sp³-hybridized carbons (Fsp3) is 0.250. The topological polar surface area (TPSA) is 42.7 Å². The van der Waals surface area contributed by atoms with Gasteiger partial charge in [-0.15, -0.1) is 0 Å². The Labute approximate surface area is 150 Å². The highest BCUT2D eigenvalue weighted by atomic mass is 35.5. The first-order valence-corrected chi connectivity index (χ1v) is 8.67. The van der Waals surface area contributed by atoms with Crippen molar-refractivity contribution >= 4 is 28.3 Å². The molecule has 4 nitrogen and oxygen atoms in total. The lowest BCUT2D eigenvalue weighted by Crippen LogP contribution is -2.32. The maximum absolute atomic E-state index is 11.9. The van der Waals surface area contributed by atoms with Crippen LogP contribution in [0.1, 0.15) is 23.6 Å². The lowest BCUT2D eigenvalue weighted by Gasteiger charge is -2.31. The van der Waals surface area contributed by atoms with Gasteiger partial charge in [0.2, 0.25) is 0 Å². The van der Waals surface area contributed by atoms with Crippen LogP contribution in [0.25, 0.3) is 11.0 Å². The van der Waals surface area contributed by atoms with Gasteiger partial charge in [0, 0.05) is 22.2 Å². The van der Waals surface area contributed by atoms with Crippen LogP contribution in [0.15, 0.2) is 45.6 Å². The van der Waals surface area contributed by atoms with E-state index in [0.717, 1.165) is 45.0 Å². The monoisotopic (exact) mass is 355 g/mol. The Kier molecular flexibility index (Phi) is 3.92. The van der Waals surface area contributed by atoms with Gasteiger partial charge in [0.15, 0.2) is 6.73 Å². The molecule has 0 aliphatic carbocycles. The number of fused-ring (bicyclic) bond motifs is 3. The molecular weight excluding hydrogens is 338 g/mol. The van der Waals surface area contributed by atoms with Crippen LogP contribution >= 0.6 is 11.6 Å². The molecule has 0 fully saturated rings. The zero-order chi connectivity index (χ0) is 17.6. The fourth-order valence-electron chi connectivity index (χ4n) is 3.23. The van der Waals surface area contributed by atoms with E-state index >= 15 is 0 Å². The van der Waals surface area contributed by atoms with Crippen molar-refractivity contribution < 1.29 is 9.15 Å². The first-order valence-electron chi connectivity index (χ1n) is 8.29. The molecule has 1 aliphatic heterocycles. The summed E-state index contributed by atoms with van der Waals surface area (Å²) in [4.78, 5) is 14.0. The smallest absolute Gasteiger partial charge is 0.336 e. The molecule has 0 radical (unpaired) electrons. The second-order valence-corrected chi connectivity index (χ2v) is 6.68. The number of hydrogen-bond donors (Lipinski definition) is 0. The molecule has 25 heavy (non-hydrogen) atoms. The van der Waals surface area contributed by atoms with Crippen LogP contribution < -0.4 is 15.3 Å². The van der Waals surface area contributed by atoms with E-state index in [1.165, 1.54) is 0 Å². The Morgan fingerprint density at radius 3 is 2.80 bits per heavy atom. The summed E-state index contributed by atoms with van der Waals surface area (Å²) in [5.74, 6) is 0.762.